The van der Waals surface area contributed by atoms with E-state index in [1.807, 2.05) is 41.8 Å². The van der Waals surface area contributed by atoms with Crippen molar-refractivity contribution in [3.8, 4) is 5.75 Å². The number of rotatable bonds is 9. The van der Waals surface area contributed by atoms with Gasteiger partial charge in [0.1, 0.15) is 23.7 Å². The number of halogens is 2. The van der Waals surface area contributed by atoms with Gasteiger partial charge in [0.05, 0.1) is 13.7 Å². The fraction of sp³-hybridized carbons (Fsp3) is 0.318. The minimum atomic E-state index is -0.239. The number of ether oxygens (including phenoxy) is 1. The molecule has 7 nitrogen and oxygen atoms in total. The Bertz CT molecular complexity index is 961. The van der Waals surface area contributed by atoms with E-state index >= 15 is 0 Å². The molecule has 1 heterocycles. The van der Waals surface area contributed by atoms with Crippen LogP contribution in [-0.2, 0) is 26.1 Å². The molecular formula is C22H28FIN6O. The topological polar surface area (TPSA) is 76.4 Å². The second-order valence-corrected chi connectivity index (χ2v) is 6.68. The highest BCUT2D eigenvalue weighted by molar-refractivity contribution is 14.0. The van der Waals surface area contributed by atoms with E-state index in [1.165, 1.54) is 6.07 Å². The second-order valence-electron chi connectivity index (χ2n) is 6.68. The molecule has 0 saturated carbocycles. The van der Waals surface area contributed by atoms with Gasteiger partial charge in [0.2, 0.25) is 0 Å². The summed E-state index contributed by atoms with van der Waals surface area (Å²) in [4.78, 5) is 4.65. The normalized spacial score (nSPS) is 11.0. The van der Waals surface area contributed by atoms with E-state index in [4.69, 9.17) is 4.74 Å². The van der Waals surface area contributed by atoms with Crippen LogP contribution >= 0.6 is 24.0 Å². The smallest absolute Gasteiger partial charge is 0.191 e. The number of aromatic nitrogens is 3. The number of hydrogen-bond acceptors (Lipinski definition) is 4. The molecule has 0 aliphatic rings. The van der Waals surface area contributed by atoms with Crippen molar-refractivity contribution >= 4 is 29.9 Å². The SMILES string of the molecule is CCc1nncn1CCNC(=NCc1ccc(OC)cc1)NCc1ccccc1F.I. The molecule has 2 N–H and O–H groups in total. The molecule has 0 amide bonds. The van der Waals surface area contributed by atoms with Crippen molar-refractivity contribution in [3.63, 3.8) is 0 Å². The number of aliphatic imine (C=N–C) groups is 1. The quantitative estimate of drug-likeness (QED) is 0.248. The van der Waals surface area contributed by atoms with Gasteiger partial charge < -0.3 is 19.9 Å². The van der Waals surface area contributed by atoms with E-state index in [9.17, 15) is 4.39 Å². The van der Waals surface area contributed by atoms with E-state index in [0.29, 0.717) is 37.7 Å². The van der Waals surface area contributed by atoms with Crippen molar-refractivity contribution < 1.29 is 9.13 Å². The minimum absolute atomic E-state index is 0. The summed E-state index contributed by atoms with van der Waals surface area (Å²) in [7, 11) is 1.64. The van der Waals surface area contributed by atoms with Gasteiger partial charge in [-0.25, -0.2) is 9.38 Å². The first-order valence-electron chi connectivity index (χ1n) is 9.94. The number of benzene rings is 2. The van der Waals surface area contributed by atoms with Crippen molar-refractivity contribution in [2.45, 2.75) is 33.0 Å². The van der Waals surface area contributed by atoms with Gasteiger partial charge in [-0.3, -0.25) is 0 Å². The molecule has 0 unspecified atom stereocenters. The Kier molecular flexibility index (Phi) is 10.2. The molecule has 1 aromatic heterocycles. The summed E-state index contributed by atoms with van der Waals surface area (Å²) in [6.07, 6.45) is 2.55. The molecule has 0 aliphatic carbocycles. The van der Waals surface area contributed by atoms with Gasteiger partial charge in [-0.2, -0.15) is 0 Å². The zero-order valence-electron chi connectivity index (χ0n) is 17.7. The third kappa shape index (κ3) is 7.50. The second kappa shape index (κ2) is 12.9. The Morgan fingerprint density at radius 2 is 1.90 bits per heavy atom. The van der Waals surface area contributed by atoms with Gasteiger partial charge in [0, 0.05) is 31.6 Å². The van der Waals surface area contributed by atoms with E-state index in [2.05, 4.69) is 25.8 Å². The van der Waals surface area contributed by atoms with E-state index < -0.39 is 0 Å². The van der Waals surface area contributed by atoms with Gasteiger partial charge in [-0.05, 0) is 23.8 Å². The first-order valence-corrected chi connectivity index (χ1v) is 9.94. The molecular weight excluding hydrogens is 510 g/mol. The van der Waals surface area contributed by atoms with Crippen molar-refractivity contribution in [2.75, 3.05) is 13.7 Å². The van der Waals surface area contributed by atoms with Crippen LogP contribution in [0.25, 0.3) is 0 Å². The highest BCUT2D eigenvalue weighted by Gasteiger charge is 2.05. The Morgan fingerprint density at radius 3 is 2.61 bits per heavy atom. The number of methoxy groups -OCH3 is 1. The molecule has 0 spiro atoms. The molecule has 9 heteroatoms. The van der Waals surface area contributed by atoms with Gasteiger partial charge in [0.15, 0.2) is 5.96 Å². The van der Waals surface area contributed by atoms with Crippen molar-refractivity contribution in [1.82, 2.24) is 25.4 Å². The molecule has 0 atom stereocenters. The molecule has 166 valence electrons. The number of nitrogens with one attached hydrogen (secondary N) is 2. The van der Waals surface area contributed by atoms with Crippen LogP contribution in [0.15, 0.2) is 59.9 Å². The number of guanidine groups is 1. The van der Waals surface area contributed by atoms with Crippen LogP contribution in [-0.4, -0.2) is 34.4 Å². The fourth-order valence-corrected chi connectivity index (χ4v) is 2.93. The number of nitrogens with zero attached hydrogens (tertiary/aromatic N) is 4. The van der Waals surface area contributed by atoms with Crippen LogP contribution in [0.1, 0.15) is 23.9 Å². The van der Waals surface area contributed by atoms with Gasteiger partial charge >= 0.3 is 0 Å². The molecule has 0 fully saturated rings. The average Bonchev–Trinajstić information content (AvgIpc) is 3.24. The standard InChI is InChI=1S/C22H27FN6O.HI/c1-3-21-28-27-16-29(21)13-12-24-22(26-15-18-6-4-5-7-20(18)23)25-14-17-8-10-19(30-2)11-9-17;/h4-11,16H,3,12-15H2,1-2H3,(H2,24,25,26);1H. The Balaban J connectivity index is 0.00000341. The molecule has 0 saturated heterocycles. The molecule has 3 aromatic rings. The molecule has 2 aromatic carbocycles. The van der Waals surface area contributed by atoms with Crippen LogP contribution in [0.5, 0.6) is 5.75 Å². The highest BCUT2D eigenvalue weighted by atomic mass is 127. The first-order chi connectivity index (χ1) is 14.7. The minimum Gasteiger partial charge on any atom is -0.497 e. The Labute approximate surface area is 199 Å². The van der Waals surface area contributed by atoms with Crippen LogP contribution in [0.2, 0.25) is 0 Å². The summed E-state index contributed by atoms with van der Waals surface area (Å²) in [5, 5.41) is 14.6. The lowest BCUT2D eigenvalue weighted by Crippen LogP contribution is -2.38. The van der Waals surface area contributed by atoms with Crippen LogP contribution in [0, 0.1) is 5.82 Å². The molecule has 0 radical (unpaired) electrons. The fourth-order valence-electron chi connectivity index (χ4n) is 2.93. The zero-order valence-corrected chi connectivity index (χ0v) is 20.0. The zero-order chi connectivity index (χ0) is 21.2. The maximum atomic E-state index is 14.0. The third-order valence-electron chi connectivity index (χ3n) is 4.64. The summed E-state index contributed by atoms with van der Waals surface area (Å²) in [5.74, 6) is 2.11. The molecule has 0 bridgehead atoms. The summed E-state index contributed by atoms with van der Waals surface area (Å²) in [6, 6.07) is 14.5. The summed E-state index contributed by atoms with van der Waals surface area (Å²) >= 11 is 0. The van der Waals surface area contributed by atoms with E-state index in [0.717, 1.165) is 23.6 Å². The lowest BCUT2D eigenvalue weighted by molar-refractivity contribution is 0.414. The monoisotopic (exact) mass is 538 g/mol. The first kappa shape index (κ1) is 24.6. The van der Waals surface area contributed by atoms with Crippen LogP contribution in [0.3, 0.4) is 0 Å². The molecule has 31 heavy (non-hydrogen) atoms. The molecule has 0 aliphatic heterocycles. The predicted octanol–water partition coefficient (Wildman–Crippen LogP) is 3.54. The number of hydrogen-bond donors (Lipinski definition) is 2. The summed E-state index contributed by atoms with van der Waals surface area (Å²) in [6.45, 7) is 4.22. The Hall–Kier alpha value is -2.69. The van der Waals surface area contributed by atoms with Gasteiger partial charge in [-0.1, -0.05) is 37.3 Å². The number of aryl methyl sites for hydroxylation is 1. The van der Waals surface area contributed by atoms with Crippen LogP contribution < -0.4 is 15.4 Å². The van der Waals surface area contributed by atoms with Crippen molar-refractivity contribution in [2.24, 2.45) is 4.99 Å². The average molecular weight is 538 g/mol. The van der Waals surface area contributed by atoms with Crippen molar-refractivity contribution in [1.29, 1.82) is 0 Å². The van der Waals surface area contributed by atoms with E-state index in [-0.39, 0.29) is 29.8 Å². The largest absolute Gasteiger partial charge is 0.497 e. The van der Waals surface area contributed by atoms with Gasteiger partial charge in [0.25, 0.3) is 0 Å². The predicted molar refractivity (Wildman–Crippen MR) is 130 cm³/mol. The maximum absolute atomic E-state index is 14.0. The maximum Gasteiger partial charge on any atom is 0.191 e. The Morgan fingerprint density at radius 1 is 1.13 bits per heavy atom. The van der Waals surface area contributed by atoms with Crippen molar-refractivity contribution in [3.05, 3.63) is 77.6 Å². The lowest BCUT2D eigenvalue weighted by Gasteiger charge is -2.14. The highest BCUT2D eigenvalue weighted by Crippen LogP contribution is 2.12. The summed E-state index contributed by atoms with van der Waals surface area (Å²) in [5.41, 5.74) is 1.64. The molecule has 3 rings (SSSR count). The van der Waals surface area contributed by atoms with Crippen LogP contribution in [0.4, 0.5) is 4.39 Å². The third-order valence-corrected chi connectivity index (χ3v) is 4.64. The van der Waals surface area contributed by atoms with E-state index in [1.54, 1.807) is 25.6 Å². The summed E-state index contributed by atoms with van der Waals surface area (Å²) < 4.78 is 21.2. The van der Waals surface area contributed by atoms with Gasteiger partial charge in [-0.15, -0.1) is 34.2 Å². The lowest BCUT2D eigenvalue weighted by atomic mass is 10.2.